The van der Waals surface area contributed by atoms with Gasteiger partial charge in [-0.3, -0.25) is 0 Å². The molecular weight excluding hydrogens is 236 g/mol. The number of anilines is 1. The summed E-state index contributed by atoms with van der Waals surface area (Å²) < 4.78 is 5.35. The fourth-order valence-electron chi connectivity index (χ4n) is 1.77. The van der Waals surface area contributed by atoms with Crippen LogP contribution in [-0.2, 0) is 0 Å². The van der Waals surface area contributed by atoms with Crippen LogP contribution in [-0.4, -0.2) is 5.16 Å². The van der Waals surface area contributed by atoms with Gasteiger partial charge in [0, 0.05) is 21.7 Å². The van der Waals surface area contributed by atoms with Crippen molar-refractivity contribution in [2.75, 3.05) is 5.73 Å². The number of nitrogen functional groups attached to an aromatic ring is 1. The second-order valence-electron chi connectivity index (χ2n) is 3.80. The maximum atomic E-state index is 5.85. The Hall–Kier alpha value is -2.00. The van der Waals surface area contributed by atoms with Crippen molar-refractivity contribution >= 4 is 28.2 Å². The van der Waals surface area contributed by atoms with Crippen LogP contribution in [0.3, 0.4) is 0 Å². The van der Waals surface area contributed by atoms with Crippen molar-refractivity contribution in [2.45, 2.75) is 0 Å². The van der Waals surface area contributed by atoms with Gasteiger partial charge < -0.3 is 10.3 Å². The van der Waals surface area contributed by atoms with Gasteiger partial charge in [-0.05, 0) is 42.5 Å². The Labute approximate surface area is 103 Å². The van der Waals surface area contributed by atoms with Crippen LogP contribution in [0.4, 0.5) is 5.69 Å². The molecule has 4 heteroatoms. The van der Waals surface area contributed by atoms with Crippen LogP contribution in [0.2, 0.25) is 5.02 Å². The minimum absolute atomic E-state index is 0.674. The smallest absolute Gasteiger partial charge is 0.174 e. The van der Waals surface area contributed by atoms with Gasteiger partial charge in [-0.1, -0.05) is 16.8 Å². The Morgan fingerprint density at radius 2 is 1.82 bits per heavy atom. The third kappa shape index (κ3) is 1.74. The largest absolute Gasteiger partial charge is 0.399 e. The van der Waals surface area contributed by atoms with E-state index in [0.29, 0.717) is 10.7 Å². The summed E-state index contributed by atoms with van der Waals surface area (Å²) in [5.41, 5.74) is 8.07. The Kier molecular flexibility index (Phi) is 2.27. The summed E-state index contributed by atoms with van der Waals surface area (Å²) in [4.78, 5) is 0. The Morgan fingerprint density at radius 1 is 1.06 bits per heavy atom. The molecule has 1 heterocycles. The Bertz CT molecular complexity index is 673. The molecule has 0 aliphatic carbocycles. The van der Waals surface area contributed by atoms with E-state index in [4.69, 9.17) is 21.9 Å². The molecule has 2 N–H and O–H groups in total. The standard InChI is InChI=1S/C13H9ClN2O/c14-9-3-1-8(2-4-9)13-11-6-5-10(15)7-12(11)16-17-13/h1-7H,15H2. The molecular formula is C13H9ClN2O. The number of halogens is 1. The van der Waals surface area contributed by atoms with E-state index >= 15 is 0 Å². The van der Waals surface area contributed by atoms with Gasteiger partial charge in [-0.2, -0.15) is 0 Å². The third-order valence-corrected chi connectivity index (χ3v) is 2.86. The zero-order chi connectivity index (χ0) is 11.8. The highest BCUT2D eigenvalue weighted by Gasteiger charge is 2.10. The van der Waals surface area contributed by atoms with Gasteiger partial charge in [-0.15, -0.1) is 0 Å². The zero-order valence-electron chi connectivity index (χ0n) is 8.85. The van der Waals surface area contributed by atoms with Crippen molar-refractivity contribution in [1.29, 1.82) is 0 Å². The number of hydrogen-bond donors (Lipinski definition) is 1. The summed E-state index contributed by atoms with van der Waals surface area (Å²) in [6, 6.07) is 13.0. The SMILES string of the molecule is Nc1ccc2c(-c3ccc(Cl)cc3)onc2c1. The van der Waals surface area contributed by atoms with Crippen molar-refractivity contribution in [1.82, 2.24) is 5.16 Å². The number of aromatic nitrogens is 1. The van der Waals surface area contributed by atoms with Crippen LogP contribution >= 0.6 is 11.6 Å². The monoisotopic (exact) mass is 244 g/mol. The highest BCUT2D eigenvalue weighted by molar-refractivity contribution is 6.30. The van der Waals surface area contributed by atoms with Crippen LogP contribution < -0.4 is 5.73 Å². The molecule has 3 nitrogen and oxygen atoms in total. The maximum absolute atomic E-state index is 5.85. The van der Waals surface area contributed by atoms with E-state index in [9.17, 15) is 0 Å². The van der Waals surface area contributed by atoms with Crippen LogP contribution in [0.25, 0.3) is 22.2 Å². The van der Waals surface area contributed by atoms with E-state index in [0.717, 1.165) is 22.2 Å². The van der Waals surface area contributed by atoms with Crippen LogP contribution in [0.5, 0.6) is 0 Å². The number of nitrogens with two attached hydrogens (primary N) is 1. The predicted molar refractivity (Wildman–Crippen MR) is 68.9 cm³/mol. The molecule has 0 aliphatic rings. The highest BCUT2D eigenvalue weighted by Crippen LogP contribution is 2.30. The number of rotatable bonds is 1. The minimum atomic E-state index is 0.674. The van der Waals surface area contributed by atoms with E-state index in [1.807, 2.05) is 36.4 Å². The number of hydrogen-bond acceptors (Lipinski definition) is 3. The van der Waals surface area contributed by atoms with E-state index < -0.39 is 0 Å². The topological polar surface area (TPSA) is 52.0 Å². The molecule has 0 unspecified atom stereocenters. The quantitative estimate of drug-likeness (QED) is 0.664. The molecule has 1 aromatic heterocycles. The average Bonchev–Trinajstić information content (AvgIpc) is 2.73. The van der Waals surface area contributed by atoms with Gasteiger partial charge in [0.05, 0.1) is 0 Å². The summed E-state index contributed by atoms with van der Waals surface area (Å²) in [7, 11) is 0. The number of benzene rings is 2. The lowest BCUT2D eigenvalue weighted by Gasteiger charge is -1.97. The molecule has 0 fully saturated rings. The fraction of sp³-hybridized carbons (Fsp3) is 0. The molecule has 17 heavy (non-hydrogen) atoms. The first-order valence-electron chi connectivity index (χ1n) is 5.15. The lowest BCUT2D eigenvalue weighted by atomic mass is 10.1. The summed E-state index contributed by atoms with van der Waals surface area (Å²) in [5.74, 6) is 0.733. The molecule has 0 saturated heterocycles. The van der Waals surface area contributed by atoms with Crippen molar-refractivity contribution in [2.24, 2.45) is 0 Å². The molecule has 0 bridgehead atoms. The van der Waals surface area contributed by atoms with E-state index in [2.05, 4.69) is 5.16 Å². The van der Waals surface area contributed by atoms with Crippen molar-refractivity contribution in [3.63, 3.8) is 0 Å². The first-order valence-corrected chi connectivity index (χ1v) is 5.53. The molecule has 0 amide bonds. The summed E-state index contributed by atoms with van der Waals surface area (Å²) in [6.07, 6.45) is 0. The predicted octanol–water partition coefficient (Wildman–Crippen LogP) is 3.73. The normalized spacial score (nSPS) is 10.9. The lowest BCUT2D eigenvalue weighted by Crippen LogP contribution is -1.82. The Morgan fingerprint density at radius 3 is 2.59 bits per heavy atom. The molecule has 0 aliphatic heterocycles. The van der Waals surface area contributed by atoms with Crippen LogP contribution in [0, 0.1) is 0 Å². The van der Waals surface area contributed by atoms with E-state index in [1.54, 1.807) is 6.07 Å². The van der Waals surface area contributed by atoms with Crippen LogP contribution in [0.1, 0.15) is 0 Å². The molecule has 84 valence electrons. The van der Waals surface area contributed by atoms with Crippen molar-refractivity contribution in [3.05, 3.63) is 47.5 Å². The first kappa shape index (κ1) is 10.2. The molecule has 3 aromatic rings. The zero-order valence-corrected chi connectivity index (χ0v) is 9.61. The molecule has 3 rings (SSSR count). The minimum Gasteiger partial charge on any atom is -0.399 e. The number of nitrogens with zero attached hydrogens (tertiary/aromatic N) is 1. The second-order valence-corrected chi connectivity index (χ2v) is 4.23. The number of fused-ring (bicyclic) bond motifs is 1. The summed E-state index contributed by atoms with van der Waals surface area (Å²) in [5, 5.41) is 5.63. The fourth-order valence-corrected chi connectivity index (χ4v) is 1.90. The molecule has 0 atom stereocenters. The van der Waals surface area contributed by atoms with Crippen LogP contribution in [0.15, 0.2) is 47.0 Å². The Balaban J connectivity index is 2.21. The van der Waals surface area contributed by atoms with Gasteiger partial charge in [0.15, 0.2) is 5.76 Å². The molecule has 2 aromatic carbocycles. The molecule has 0 spiro atoms. The van der Waals surface area contributed by atoms with Gasteiger partial charge in [0.25, 0.3) is 0 Å². The lowest BCUT2D eigenvalue weighted by molar-refractivity contribution is 0.441. The first-order chi connectivity index (χ1) is 8.24. The van der Waals surface area contributed by atoms with Crippen molar-refractivity contribution < 1.29 is 4.52 Å². The maximum Gasteiger partial charge on any atom is 0.174 e. The van der Waals surface area contributed by atoms with Gasteiger partial charge in [0.2, 0.25) is 0 Å². The third-order valence-electron chi connectivity index (χ3n) is 2.61. The van der Waals surface area contributed by atoms with Gasteiger partial charge in [-0.25, -0.2) is 0 Å². The second kappa shape index (κ2) is 3.79. The van der Waals surface area contributed by atoms with Gasteiger partial charge >= 0.3 is 0 Å². The molecule has 0 radical (unpaired) electrons. The summed E-state index contributed by atoms with van der Waals surface area (Å²) >= 11 is 5.85. The molecule has 0 saturated carbocycles. The van der Waals surface area contributed by atoms with E-state index in [-0.39, 0.29) is 0 Å². The van der Waals surface area contributed by atoms with Crippen molar-refractivity contribution in [3.8, 4) is 11.3 Å². The average molecular weight is 245 g/mol. The highest BCUT2D eigenvalue weighted by atomic mass is 35.5. The van der Waals surface area contributed by atoms with E-state index in [1.165, 1.54) is 0 Å². The summed E-state index contributed by atoms with van der Waals surface area (Å²) in [6.45, 7) is 0. The van der Waals surface area contributed by atoms with Gasteiger partial charge in [0.1, 0.15) is 5.52 Å².